The molecule has 6 heteroatoms. The minimum atomic E-state index is 0.559. The Morgan fingerprint density at radius 1 is 1.16 bits per heavy atom. The van der Waals surface area contributed by atoms with E-state index in [1.54, 1.807) is 11.3 Å². The lowest BCUT2D eigenvalue weighted by molar-refractivity contribution is 0.161. The van der Waals surface area contributed by atoms with Gasteiger partial charge < -0.3 is 10.6 Å². The molecule has 1 fully saturated rings. The number of nitrogens with one attached hydrogen (secondary N) is 2. The van der Waals surface area contributed by atoms with Gasteiger partial charge in [-0.1, -0.05) is 26.7 Å². The number of aliphatic imine (C=N–C) groups is 1. The van der Waals surface area contributed by atoms with Crippen LogP contribution >= 0.6 is 11.3 Å². The molecule has 25 heavy (non-hydrogen) atoms. The van der Waals surface area contributed by atoms with Crippen molar-refractivity contribution in [2.45, 2.75) is 66.0 Å². The molecule has 1 unspecified atom stereocenters. The van der Waals surface area contributed by atoms with Gasteiger partial charge in [-0.25, -0.2) is 4.98 Å². The third-order valence-corrected chi connectivity index (χ3v) is 6.07. The summed E-state index contributed by atoms with van der Waals surface area (Å²) >= 11 is 1.76. The van der Waals surface area contributed by atoms with Crippen molar-refractivity contribution in [3.8, 4) is 0 Å². The Morgan fingerprint density at radius 2 is 1.84 bits per heavy atom. The summed E-state index contributed by atoms with van der Waals surface area (Å²) in [5.74, 6) is 1.51. The van der Waals surface area contributed by atoms with Gasteiger partial charge in [0.25, 0.3) is 0 Å². The van der Waals surface area contributed by atoms with Crippen molar-refractivity contribution < 1.29 is 0 Å². The molecule has 142 valence electrons. The van der Waals surface area contributed by atoms with Crippen LogP contribution in [0, 0.1) is 19.8 Å². The summed E-state index contributed by atoms with van der Waals surface area (Å²) in [7, 11) is 1.84. The van der Waals surface area contributed by atoms with Gasteiger partial charge in [-0.05, 0) is 45.7 Å². The normalized spacial score (nSPS) is 18.2. The molecule has 1 saturated heterocycles. The zero-order valence-electron chi connectivity index (χ0n) is 16.6. The highest BCUT2D eigenvalue weighted by molar-refractivity contribution is 7.11. The Labute approximate surface area is 157 Å². The van der Waals surface area contributed by atoms with Gasteiger partial charge in [0.05, 0.1) is 17.2 Å². The van der Waals surface area contributed by atoms with Crippen molar-refractivity contribution in [1.82, 2.24) is 20.5 Å². The average molecular weight is 366 g/mol. The molecule has 1 aromatic heterocycles. The van der Waals surface area contributed by atoms with Gasteiger partial charge in [-0.2, -0.15) is 0 Å². The maximum absolute atomic E-state index is 4.49. The van der Waals surface area contributed by atoms with E-state index >= 15 is 0 Å². The van der Waals surface area contributed by atoms with Gasteiger partial charge in [0.15, 0.2) is 5.96 Å². The van der Waals surface area contributed by atoms with Gasteiger partial charge in [-0.15, -0.1) is 11.3 Å². The third-order valence-electron chi connectivity index (χ3n) is 5.00. The van der Waals surface area contributed by atoms with Crippen molar-refractivity contribution in [2.75, 3.05) is 26.7 Å². The fourth-order valence-electron chi connectivity index (χ4n) is 3.54. The third kappa shape index (κ3) is 6.26. The highest BCUT2D eigenvalue weighted by atomic mass is 32.1. The van der Waals surface area contributed by atoms with Crippen LogP contribution in [0.2, 0.25) is 0 Å². The van der Waals surface area contributed by atoms with Gasteiger partial charge >= 0.3 is 0 Å². The lowest BCUT2D eigenvalue weighted by Gasteiger charge is -2.34. The Morgan fingerprint density at radius 3 is 2.36 bits per heavy atom. The van der Waals surface area contributed by atoms with E-state index in [2.05, 4.69) is 53.2 Å². The second-order valence-electron chi connectivity index (χ2n) is 7.31. The first-order chi connectivity index (χ1) is 12.0. The molecular weight excluding hydrogens is 330 g/mol. The summed E-state index contributed by atoms with van der Waals surface area (Å²) in [5.41, 5.74) is 1.12. The Balaban J connectivity index is 1.87. The van der Waals surface area contributed by atoms with Gasteiger partial charge in [0.1, 0.15) is 0 Å². The first kappa shape index (κ1) is 20.2. The van der Waals surface area contributed by atoms with E-state index in [1.807, 2.05) is 7.05 Å². The van der Waals surface area contributed by atoms with E-state index in [-0.39, 0.29) is 0 Å². The van der Waals surface area contributed by atoms with Crippen molar-refractivity contribution in [3.05, 3.63) is 15.6 Å². The first-order valence-electron chi connectivity index (χ1n) is 9.62. The lowest BCUT2D eigenvalue weighted by Crippen LogP contribution is -2.49. The Bertz CT molecular complexity index is 544. The topological polar surface area (TPSA) is 52.6 Å². The molecule has 0 radical (unpaired) electrons. The molecule has 1 aliphatic heterocycles. The van der Waals surface area contributed by atoms with E-state index in [9.17, 15) is 0 Å². The number of hydrogen-bond donors (Lipinski definition) is 2. The molecule has 1 atom stereocenters. The van der Waals surface area contributed by atoms with E-state index in [1.165, 1.54) is 43.6 Å². The van der Waals surface area contributed by atoms with Gasteiger partial charge in [0.2, 0.25) is 0 Å². The number of thiazole rings is 1. The summed E-state index contributed by atoms with van der Waals surface area (Å²) in [6.45, 7) is 13.0. The van der Waals surface area contributed by atoms with Crippen LogP contribution in [0.15, 0.2) is 4.99 Å². The highest BCUT2D eigenvalue weighted by Gasteiger charge is 2.22. The molecule has 1 aromatic rings. The summed E-state index contributed by atoms with van der Waals surface area (Å²) < 4.78 is 0. The van der Waals surface area contributed by atoms with Crippen molar-refractivity contribution >= 4 is 17.3 Å². The monoisotopic (exact) mass is 365 g/mol. The molecule has 2 heterocycles. The number of rotatable bonds is 6. The van der Waals surface area contributed by atoms with Crippen LogP contribution in [-0.4, -0.2) is 48.6 Å². The van der Waals surface area contributed by atoms with Crippen LogP contribution in [-0.2, 0) is 6.54 Å². The smallest absolute Gasteiger partial charge is 0.191 e. The van der Waals surface area contributed by atoms with Crippen LogP contribution in [0.3, 0.4) is 0 Å². The van der Waals surface area contributed by atoms with E-state index in [0.29, 0.717) is 12.0 Å². The maximum atomic E-state index is 4.49. The molecule has 0 bridgehead atoms. The zero-order valence-corrected chi connectivity index (χ0v) is 17.4. The van der Waals surface area contributed by atoms with Crippen LogP contribution in [0.4, 0.5) is 0 Å². The molecule has 2 rings (SSSR count). The standard InChI is InChI=1S/C19H35N5S/c1-14(2)17(24-10-8-6-7-9-11-24)12-21-19(20-5)22-13-18-15(3)23-16(4)25-18/h14,17H,6-13H2,1-5H3,(H2,20,21,22). The molecule has 0 saturated carbocycles. The second-order valence-corrected chi connectivity index (χ2v) is 8.60. The fraction of sp³-hybridized carbons (Fsp3) is 0.789. The molecule has 0 amide bonds. The SMILES string of the molecule is CN=C(NCc1sc(C)nc1C)NCC(C(C)C)N1CCCCCC1. The summed E-state index contributed by atoms with van der Waals surface area (Å²) in [5, 5.41) is 8.11. The number of hydrogen-bond acceptors (Lipinski definition) is 4. The summed E-state index contributed by atoms with van der Waals surface area (Å²) in [6.07, 6.45) is 5.43. The molecule has 0 aliphatic carbocycles. The zero-order chi connectivity index (χ0) is 18.2. The van der Waals surface area contributed by atoms with Crippen molar-refractivity contribution in [2.24, 2.45) is 10.9 Å². The number of guanidine groups is 1. The maximum Gasteiger partial charge on any atom is 0.191 e. The van der Waals surface area contributed by atoms with Gasteiger partial charge in [-0.3, -0.25) is 9.89 Å². The van der Waals surface area contributed by atoms with Gasteiger partial charge in [0, 0.05) is 24.5 Å². The summed E-state index contributed by atoms with van der Waals surface area (Å²) in [6, 6.07) is 0.559. The van der Waals surface area contributed by atoms with E-state index in [4.69, 9.17) is 0 Å². The Hall–Kier alpha value is -1.14. The molecule has 2 N–H and O–H groups in total. The highest BCUT2D eigenvalue weighted by Crippen LogP contribution is 2.18. The number of likely N-dealkylation sites (tertiary alicyclic amines) is 1. The minimum absolute atomic E-state index is 0.559. The Kier molecular flexibility index (Phi) is 8.16. The van der Waals surface area contributed by atoms with Crippen LogP contribution in [0.25, 0.3) is 0 Å². The van der Waals surface area contributed by atoms with Crippen LogP contribution < -0.4 is 10.6 Å². The van der Waals surface area contributed by atoms with E-state index < -0.39 is 0 Å². The molecule has 1 aliphatic rings. The van der Waals surface area contributed by atoms with Crippen molar-refractivity contribution in [1.29, 1.82) is 0 Å². The molecule has 0 aromatic carbocycles. The predicted octanol–water partition coefficient (Wildman–Crippen LogP) is 3.33. The largest absolute Gasteiger partial charge is 0.355 e. The molecule has 0 spiro atoms. The quantitative estimate of drug-likeness (QED) is 0.600. The minimum Gasteiger partial charge on any atom is -0.355 e. The number of nitrogens with zero attached hydrogens (tertiary/aromatic N) is 3. The first-order valence-corrected chi connectivity index (χ1v) is 10.4. The van der Waals surface area contributed by atoms with E-state index in [0.717, 1.165) is 29.8 Å². The molecule has 5 nitrogen and oxygen atoms in total. The van der Waals surface area contributed by atoms with Crippen LogP contribution in [0.5, 0.6) is 0 Å². The predicted molar refractivity (Wildman–Crippen MR) is 108 cm³/mol. The van der Waals surface area contributed by atoms with Crippen LogP contribution in [0.1, 0.15) is 55.1 Å². The fourth-order valence-corrected chi connectivity index (χ4v) is 4.41. The summed E-state index contributed by atoms with van der Waals surface area (Å²) in [4.78, 5) is 12.8. The second kappa shape index (κ2) is 10.1. The van der Waals surface area contributed by atoms with Crippen molar-refractivity contribution in [3.63, 3.8) is 0 Å². The number of aromatic nitrogens is 1. The average Bonchev–Trinajstić information content (AvgIpc) is 2.77. The molecular formula is C19H35N5S. The lowest BCUT2D eigenvalue weighted by atomic mass is 10.0. The number of aryl methyl sites for hydroxylation is 2.